The topological polar surface area (TPSA) is 35.5 Å². The quantitative estimate of drug-likeness (QED) is 0.371. The molecule has 130 valence electrons. The van der Waals surface area contributed by atoms with Crippen molar-refractivity contribution in [1.82, 2.24) is 0 Å². The van der Waals surface area contributed by atoms with Gasteiger partial charge in [-0.15, -0.1) is 0 Å². The number of allylic oxidation sites excluding steroid dienone is 3. The lowest BCUT2D eigenvalue weighted by Gasteiger charge is -2.09. The van der Waals surface area contributed by atoms with Crippen LogP contribution in [-0.2, 0) is 9.53 Å². The van der Waals surface area contributed by atoms with E-state index in [4.69, 9.17) is 4.74 Å². The average molecular weight is 328 g/mol. The molecule has 0 atom stereocenters. The molecule has 1 aromatic carbocycles. The minimum Gasteiger partial charge on any atom is -0.489 e. The molecule has 0 unspecified atom stereocenters. The van der Waals surface area contributed by atoms with Crippen LogP contribution < -0.4 is 4.74 Å². The molecule has 1 rings (SSSR count). The molecule has 0 saturated heterocycles. The predicted molar refractivity (Wildman–Crippen MR) is 100 cm³/mol. The fourth-order valence-electron chi connectivity index (χ4n) is 2.09. The third-order valence-electron chi connectivity index (χ3n) is 3.53. The molecule has 0 aliphatic rings. The average Bonchev–Trinajstić information content (AvgIpc) is 2.53. The Kier molecular flexibility index (Phi) is 8.63. The van der Waals surface area contributed by atoms with Crippen LogP contribution in [0.5, 0.6) is 5.75 Å². The van der Waals surface area contributed by atoms with Gasteiger partial charge in [0.2, 0.25) is 0 Å². The van der Waals surface area contributed by atoms with E-state index in [0.717, 1.165) is 29.7 Å². The highest BCUT2D eigenvalue weighted by molar-refractivity contribution is 5.87. The van der Waals surface area contributed by atoms with Gasteiger partial charge in [0.1, 0.15) is 12.4 Å². The molecule has 0 bridgehead atoms. The summed E-state index contributed by atoms with van der Waals surface area (Å²) >= 11 is 0. The molecule has 0 heterocycles. The number of benzene rings is 1. The van der Waals surface area contributed by atoms with Crippen molar-refractivity contribution in [2.24, 2.45) is 0 Å². The van der Waals surface area contributed by atoms with Crippen LogP contribution in [-0.4, -0.2) is 19.7 Å². The Bertz CT molecular complexity index is 632. The zero-order valence-corrected chi connectivity index (χ0v) is 15.4. The fourth-order valence-corrected chi connectivity index (χ4v) is 2.09. The van der Waals surface area contributed by atoms with E-state index in [-0.39, 0.29) is 5.97 Å². The van der Waals surface area contributed by atoms with Crippen LogP contribution >= 0.6 is 0 Å². The molecule has 0 saturated carbocycles. The number of methoxy groups -OCH3 is 1. The maximum absolute atomic E-state index is 11.3. The number of aryl methyl sites for hydroxylation is 1. The van der Waals surface area contributed by atoms with Crippen LogP contribution in [0.4, 0.5) is 0 Å². The normalized spacial score (nSPS) is 11.5. The van der Waals surface area contributed by atoms with Gasteiger partial charge in [0, 0.05) is 11.6 Å². The smallest absolute Gasteiger partial charge is 0.330 e. The van der Waals surface area contributed by atoms with Gasteiger partial charge in [0.25, 0.3) is 0 Å². The summed E-state index contributed by atoms with van der Waals surface area (Å²) < 4.78 is 10.5. The maximum Gasteiger partial charge on any atom is 0.330 e. The molecule has 0 N–H and O–H groups in total. The van der Waals surface area contributed by atoms with E-state index in [2.05, 4.69) is 37.7 Å². The number of rotatable bonds is 8. The first kappa shape index (κ1) is 19.8. The molecule has 0 aliphatic heterocycles. The van der Waals surface area contributed by atoms with Gasteiger partial charge >= 0.3 is 5.97 Å². The number of carbonyl (C=O) groups excluding carboxylic acids is 1. The third-order valence-corrected chi connectivity index (χ3v) is 3.53. The summed E-state index contributed by atoms with van der Waals surface area (Å²) in [5.74, 6) is 0.389. The van der Waals surface area contributed by atoms with E-state index < -0.39 is 0 Å². The van der Waals surface area contributed by atoms with Crippen molar-refractivity contribution < 1.29 is 14.3 Å². The molecular weight excluding hydrogens is 300 g/mol. The Morgan fingerprint density at radius 1 is 1.17 bits per heavy atom. The van der Waals surface area contributed by atoms with Crippen LogP contribution in [0, 0.1) is 6.92 Å². The first-order valence-electron chi connectivity index (χ1n) is 8.21. The standard InChI is InChI=1S/C21H28O3/c1-16(2)7-6-8-17(3)13-14-24-20-15-18(4)9-10-19(20)11-12-21(22)23-5/h7,9-13,15H,6,8,14H2,1-5H3/b12-11+,17-13+. The van der Waals surface area contributed by atoms with E-state index in [1.54, 1.807) is 6.08 Å². The molecule has 0 fully saturated rings. The fraction of sp³-hybridized carbons (Fsp3) is 0.381. The molecule has 0 radical (unpaired) electrons. The Morgan fingerprint density at radius 3 is 2.58 bits per heavy atom. The second-order valence-corrected chi connectivity index (χ2v) is 6.08. The molecule has 0 aliphatic carbocycles. The van der Waals surface area contributed by atoms with Crippen molar-refractivity contribution in [3.63, 3.8) is 0 Å². The van der Waals surface area contributed by atoms with Crippen molar-refractivity contribution in [2.45, 2.75) is 40.5 Å². The number of hydrogen-bond donors (Lipinski definition) is 0. The summed E-state index contributed by atoms with van der Waals surface area (Å²) in [6.07, 6.45) is 9.56. The van der Waals surface area contributed by atoms with Gasteiger partial charge < -0.3 is 9.47 Å². The molecule has 0 aromatic heterocycles. The Balaban J connectivity index is 2.69. The third kappa shape index (κ3) is 7.82. The molecular formula is C21H28O3. The summed E-state index contributed by atoms with van der Waals surface area (Å²) in [5.41, 5.74) is 4.64. The molecule has 0 spiro atoms. The lowest BCUT2D eigenvalue weighted by atomic mass is 10.1. The molecule has 3 heteroatoms. The Labute approximate surface area is 145 Å². The number of hydrogen-bond acceptors (Lipinski definition) is 3. The highest BCUT2D eigenvalue weighted by atomic mass is 16.5. The van der Waals surface area contributed by atoms with E-state index in [1.165, 1.54) is 24.3 Å². The zero-order valence-electron chi connectivity index (χ0n) is 15.4. The monoisotopic (exact) mass is 328 g/mol. The molecule has 24 heavy (non-hydrogen) atoms. The van der Waals surface area contributed by atoms with Crippen LogP contribution in [0.3, 0.4) is 0 Å². The summed E-state index contributed by atoms with van der Waals surface area (Å²) in [7, 11) is 1.36. The van der Waals surface area contributed by atoms with Gasteiger partial charge in [-0.3, -0.25) is 0 Å². The zero-order chi connectivity index (χ0) is 17.9. The van der Waals surface area contributed by atoms with Crippen molar-refractivity contribution >= 4 is 12.0 Å². The maximum atomic E-state index is 11.3. The second-order valence-electron chi connectivity index (χ2n) is 6.08. The lowest BCUT2D eigenvalue weighted by molar-refractivity contribution is -0.134. The van der Waals surface area contributed by atoms with Gasteiger partial charge in [-0.2, -0.15) is 0 Å². The summed E-state index contributed by atoms with van der Waals surface area (Å²) in [6.45, 7) is 8.88. The number of esters is 1. The van der Waals surface area contributed by atoms with Gasteiger partial charge in [-0.1, -0.05) is 29.4 Å². The minimum atomic E-state index is -0.378. The van der Waals surface area contributed by atoms with Gasteiger partial charge in [-0.25, -0.2) is 4.79 Å². The van der Waals surface area contributed by atoms with Crippen LogP contribution in [0.15, 0.2) is 47.6 Å². The van der Waals surface area contributed by atoms with Crippen LogP contribution in [0.25, 0.3) is 6.08 Å². The van der Waals surface area contributed by atoms with Gasteiger partial charge in [-0.05, 0) is 64.3 Å². The van der Waals surface area contributed by atoms with E-state index in [9.17, 15) is 4.79 Å². The van der Waals surface area contributed by atoms with E-state index >= 15 is 0 Å². The largest absolute Gasteiger partial charge is 0.489 e. The summed E-state index contributed by atoms with van der Waals surface area (Å²) in [6, 6.07) is 5.91. The summed E-state index contributed by atoms with van der Waals surface area (Å²) in [4.78, 5) is 11.3. The minimum absolute atomic E-state index is 0.378. The van der Waals surface area contributed by atoms with E-state index in [1.807, 2.05) is 25.1 Å². The lowest BCUT2D eigenvalue weighted by Crippen LogP contribution is -1.98. The number of ether oxygens (including phenoxy) is 2. The Hall–Kier alpha value is -2.29. The highest BCUT2D eigenvalue weighted by Crippen LogP contribution is 2.22. The molecule has 1 aromatic rings. The van der Waals surface area contributed by atoms with Gasteiger partial charge in [0.05, 0.1) is 7.11 Å². The van der Waals surface area contributed by atoms with Crippen molar-refractivity contribution in [3.05, 3.63) is 58.7 Å². The first-order valence-corrected chi connectivity index (χ1v) is 8.21. The second kappa shape index (κ2) is 10.5. The summed E-state index contributed by atoms with van der Waals surface area (Å²) in [5, 5.41) is 0. The van der Waals surface area contributed by atoms with Crippen molar-refractivity contribution in [2.75, 3.05) is 13.7 Å². The van der Waals surface area contributed by atoms with E-state index in [0.29, 0.717) is 6.61 Å². The molecule has 0 amide bonds. The highest BCUT2D eigenvalue weighted by Gasteiger charge is 2.02. The van der Waals surface area contributed by atoms with Crippen LogP contribution in [0.1, 0.15) is 44.7 Å². The van der Waals surface area contributed by atoms with Crippen molar-refractivity contribution in [1.29, 1.82) is 0 Å². The SMILES string of the molecule is COC(=O)/C=C/c1ccc(C)cc1OC/C=C(\C)CCC=C(C)C. The molecule has 3 nitrogen and oxygen atoms in total. The predicted octanol–water partition coefficient (Wildman–Crippen LogP) is 5.25. The van der Waals surface area contributed by atoms with Crippen LogP contribution in [0.2, 0.25) is 0 Å². The first-order chi connectivity index (χ1) is 11.4. The van der Waals surface area contributed by atoms with Gasteiger partial charge in [0.15, 0.2) is 0 Å². The van der Waals surface area contributed by atoms with Crippen molar-refractivity contribution in [3.8, 4) is 5.75 Å². The number of carbonyl (C=O) groups is 1. The Morgan fingerprint density at radius 2 is 1.92 bits per heavy atom.